The molecule has 0 unspecified atom stereocenters. The van der Waals surface area contributed by atoms with Crippen LogP contribution in [0, 0.1) is 0 Å². The molecule has 0 spiro atoms. The van der Waals surface area contributed by atoms with Gasteiger partial charge in [-0.3, -0.25) is 14.2 Å². The number of carbonyl (C=O) groups excluding carboxylic acids is 1. The maximum Gasteiger partial charge on any atom is 0.263 e. The number of benzene rings is 1. The molecule has 0 fully saturated rings. The summed E-state index contributed by atoms with van der Waals surface area (Å²) >= 11 is 14.9. The Kier molecular flexibility index (Phi) is 7.06. The topological polar surface area (TPSA) is 64.0 Å². The molecule has 2 heterocycles. The fraction of sp³-hybridized carbons (Fsp3) is 0.318. The van der Waals surface area contributed by atoms with Gasteiger partial charge in [-0.2, -0.15) is 0 Å². The van der Waals surface area contributed by atoms with E-state index in [1.54, 1.807) is 40.2 Å². The molecular weight excluding hydrogens is 473 g/mol. The Bertz CT molecular complexity index is 1220. The van der Waals surface area contributed by atoms with Crippen LogP contribution in [0.2, 0.25) is 10.0 Å². The Morgan fingerprint density at radius 2 is 2.10 bits per heavy atom. The maximum atomic E-state index is 13.3. The van der Waals surface area contributed by atoms with Crippen LogP contribution in [-0.2, 0) is 24.2 Å². The second kappa shape index (κ2) is 9.77. The number of nitrogens with one attached hydrogen (secondary N) is 1. The first-order valence-electron chi connectivity index (χ1n) is 10.0. The molecule has 0 saturated heterocycles. The van der Waals surface area contributed by atoms with E-state index in [4.69, 9.17) is 28.2 Å². The summed E-state index contributed by atoms with van der Waals surface area (Å²) in [6.45, 7) is 4.12. The number of halogens is 2. The van der Waals surface area contributed by atoms with Gasteiger partial charge in [-0.05, 0) is 49.4 Å². The predicted molar refractivity (Wildman–Crippen MR) is 131 cm³/mol. The molecule has 5 nitrogen and oxygen atoms in total. The van der Waals surface area contributed by atoms with E-state index < -0.39 is 0 Å². The number of rotatable bonds is 6. The highest BCUT2D eigenvalue weighted by Crippen LogP contribution is 2.34. The summed E-state index contributed by atoms with van der Waals surface area (Å²) < 4.78 is 1.61. The zero-order chi connectivity index (χ0) is 22.0. The number of thioether (sulfide) groups is 1. The lowest BCUT2D eigenvalue weighted by Gasteiger charge is -2.11. The van der Waals surface area contributed by atoms with E-state index in [2.05, 4.69) is 11.9 Å². The summed E-state index contributed by atoms with van der Waals surface area (Å²) in [5.41, 5.74) is 1.61. The third-order valence-electron chi connectivity index (χ3n) is 5.14. The summed E-state index contributed by atoms with van der Waals surface area (Å²) in [6.07, 6.45) is 7.05. The third kappa shape index (κ3) is 4.85. The number of hydrogen-bond donors (Lipinski definition) is 1. The van der Waals surface area contributed by atoms with Crippen molar-refractivity contribution in [3.63, 3.8) is 0 Å². The van der Waals surface area contributed by atoms with Crippen LogP contribution in [0.5, 0.6) is 0 Å². The van der Waals surface area contributed by atoms with Crippen LogP contribution >= 0.6 is 46.3 Å². The zero-order valence-corrected chi connectivity index (χ0v) is 19.9. The van der Waals surface area contributed by atoms with E-state index in [0.29, 0.717) is 27.4 Å². The Labute approximate surface area is 198 Å². The molecule has 4 rings (SSSR count). The molecule has 2 aromatic heterocycles. The number of carbonyl (C=O) groups is 1. The van der Waals surface area contributed by atoms with Crippen LogP contribution in [0.15, 0.2) is 40.8 Å². The Hall–Kier alpha value is -1.80. The van der Waals surface area contributed by atoms with Crippen LogP contribution in [0.1, 0.15) is 29.7 Å². The number of aromatic nitrogens is 2. The highest BCUT2D eigenvalue weighted by Gasteiger charge is 2.21. The summed E-state index contributed by atoms with van der Waals surface area (Å²) in [5, 5.41) is 4.90. The number of thiophene rings is 1. The molecule has 1 aliphatic carbocycles. The molecular formula is C22H21Cl2N3O2S2. The lowest BCUT2D eigenvalue weighted by atomic mass is 10.1. The van der Waals surface area contributed by atoms with E-state index in [0.717, 1.165) is 35.9 Å². The molecule has 0 bridgehead atoms. The van der Waals surface area contributed by atoms with Crippen molar-refractivity contribution in [2.75, 3.05) is 11.1 Å². The number of aryl methyl sites for hydroxylation is 2. The fourth-order valence-electron chi connectivity index (χ4n) is 3.70. The minimum Gasteiger partial charge on any atom is -0.324 e. The number of fused-ring (bicyclic) bond motifs is 3. The summed E-state index contributed by atoms with van der Waals surface area (Å²) in [4.78, 5) is 32.6. The SMILES string of the molecule is C=CCn1c(SCC(=O)Nc2ccc(Cl)cc2Cl)nc2sc3c(c2c1=O)CCCCC3. The maximum absolute atomic E-state index is 13.3. The molecule has 1 aromatic carbocycles. The van der Waals surface area contributed by atoms with Gasteiger partial charge in [0.25, 0.3) is 5.56 Å². The molecule has 9 heteroatoms. The highest BCUT2D eigenvalue weighted by atomic mass is 35.5. The lowest BCUT2D eigenvalue weighted by Crippen LogP contribution is -2.24. The minimum atomic E-state index is -0.240. The van der Waals surface area contributed by atoms with Crippen molar-refractivity contribution in [2.45, 2.75) is 43.8 Å². The normalized spacial score (nSPS) is 13.6. The van der Waals surface area contributed by atoms with Gasteiger partial charge >= 0.3 is 0 Å². The molecule has 1 N–H and O–H groups in total. The molecule has 31 heavy (non-hydrogen) atoms. The second-order valence-corrected chi connectivity index (χ2v) is 10.2. The van der Waals surface area contributed by atoms with E-state index in [-0.39, 0.29) is 17.2 Å². The molecule has 162 valence electrons. The van der Waals surface area contributed by atoms with Crippen LogP contribution in [0.3, 0.4) is 0 Å². The number of amides is 1. The largest absolute Gasteiger partial charge is 0.324 e. The van der Waals surface area contributed by atoms with Gasteiger partial charge in [-0.15, -0.1) is 17.9 Å². The van der Waals surface area contributed by atoms with Gasteiger partial charge in [0, 0.05) is 16.4 Å². The number of allylic oxidation sites excluding steroid dienone is 1. The highest BCUT2D eigenvalue weighted by molar-refractivity contribution is 7.99. The summed E-state index contributed by atoms with van der Waals surface area (Å²) in [7, 11) is 0. The monoisotopic (exact) mass is 493 g/mol. The smallest absolute Gasteiger partial charge is 0.263 e. The summed E-state index contributed by atoms with van der Waals surface area (Å²) in [6, 6.07) is 4.89. The third-order valence-corrected chi connectivity index (χ3v) is 7.85. The van der Waals surface area contributed by atoms with Crippen LogP contribution in [0.25, 0.3) is 10.2 Å². The molecule has 0 aliphatic heterocycles. The van der Waals surface area contributed by atoms with Crippen molar-refractivity contribution in [1.29, 1.82) is 0 Å². The van der Waals surface area contributed by atoms with Crippen LogP contribution < -0.4 is 10.9 Å². The zero-order valence-electron chi connectivity index (χ0n) is 16.7. The van der Waals surface area contributed by atoms with E-state index in [1.807, 2.05) is 0 Å². The van der Waals surface area contributed by atoms with Crippen molar-refractivity contribution in [1.82, 2.24) is 9.55 Å². The molecule has 0 atom stereocenters. The summed E-state index contributed by atoms with van der Waals surface area (Å²) in [5.74, 6) is -0.144. The van der Waals surface area contributed by atoms with E-state index in [1.165, 1.54) is 28.6 Å². The van der Waals surface area contributed by atoms with Crippen molar-refractivity contribution in [2.24, 2.45) is 0 Å². The number of nitrogens with zero attached hydrogens (tertiary/aromatic N) is 2. The molecule has 1 amide bonds. The van der Waals surface area contributed by atoms with Gasteiger partial charge in [0.2, 0.25) is 5.91 Å². The van der Waals surface area contributed by atoms with Gasteiger partial charge in [-0.25, -0.2) is 4.98 Å². The number of hydrogen-bond acceptors (Lipinski definition) is 5. The first-order valence-corrected chi connectivity index (χ1v) is 12.6. The van der Waals surface area contributed by atoms with Crippen molar-refractivity contribution in [3.05, 3.63) is 61.7 Å². The van der Waals surface area contributed by atoms with Crippen LogP contribution in [0.4, 0.5) is 5.69 Å². The number of anilines is 1. The standard InChI is InChI=1S/C22H21Cl2N3O2S2/c1-2-10-27-21(29)19-14-6-4-3-5-7-17(14)31-20(19)26-22(27)30-12-18(28)25-16-9-8-13(23)11-15(16)24/h2,8-9,11H,1,3-7,10,12H2,(H,25,28). The fourth-order valence-corrected chi connectivity index (χ4v) is 6.27. The van der Waals surface area contributed by atoms with Gasteiger partial charge in [0.05, 0.1) is 21.8 Å². The minimum absolute atomic E-state index is 0.0482. The molecule has 0 saturated carbocycles. The van der Waals surface area contributed by atoms with E-state index >= 15 is 0 Å². The Morgan fingerprint density at radius 1 is 1.29 bits per heavy atom. The average Bonchev–Trinajstić information content (AvgIpc) is 2.92. The molecule has 0 radical (unpaired) electrons. The predicted octanol–water partition coefficient (Wildman–Crippen LogP) is 5.95. The first-order chi connectivity index (χ1) is 15.0. The quantitative estimate of drug-likeness (QED) is 0.199. The van der Waals surface area contributed by atoms with Crippen LogP contribution in [-0.4, -0.2) is 21.2 Å². The van der Waals surface area contributed by atoms with E-state index in [9.17, 15) is 9.59 Å². The average molecular weight is 494 g/mol. The van der Waals surface area contributed by atoms with Gasteiger partial charge in [0.15, 0.2) is 5.16 Å². The van der Waals surface area contributed by atoms with Crippen molar-refractivity contribution < 1.29 is 4.79 Å². The Balaban J connectivity index is 1.60. The van der Waals surface area contributed by atoms with Crippen molar-refractivity contribution in [3.8, 4) is 0 Å². The second-order valence-electron chi connectivity index (χ2n) is 7.30. The molecule has 1 aliphatic rings. The Morgan fingerprint density at radius 3 is 2.87 bits per heavy atom. The van der Waals surface area contributed by atoms with Gasteiger partial charge in [0.1, 0.15) is 4.83 Å². The van der Waals surface area contributed by atoms with Gasteiger partial charge in [-0.1, -0.05) is 47.5 Å². The molecule has 3 aromatic rings. The lowest BCUT2D eigenvalue weighted by molar-refractivity contribution is -0.113. The van der Waals surface area contributed by atoms with Gasteiger partial charge < -0.3 is 5.32 Å². The van der Waals surface area contributed by atoms with Crippen molar-refractivity contribution >= 4 is 68.1 Å². The first kappa shape index (κ1) is 22.4.